The van der Waals surface area contributed by atoms with Gasteiger partial charge in [0, 0.05) is 11.1 Å². The molecule has 2 aromatic rings. The summed E-state index contributed by atoms with van der Waals surface area (Å²) in [5.74, 6) is -0.353. The normalized spacial score (nSPS) is 17.0. The van der Waals surface area contributed by atoms with Crippen LogP contribution in [0.4, 0.5) is 0 Å². The van der Waals surface area contributed by atoms with Gasteiger partial charge in [-0.2, -0.15) is 0 Å². The van der Waals surface area contributed by atoms with E-state index in [4.69, 9.17) is 0 Å². The van der Waals surface area contributed by atoms with Crippen LogP contribution in [0.1, 0.15) is 24.4 Å². The van der Waals surface area contributed by atoms with Crippen molar-refractivity contribution in [3.63, 3.8) is 0 Å². The van der Waals surface area contributed by atoms with Gasteiger partial charge < -0.3 is 5.11 Å². The highest BCUT2D eigenvalue weighted by Crippen LogP contribution is 2.47. The van der Waals surface area contributed by atoms with Crippen molar-refractivity contribution in [2.45, 2.75) is 25.2 Å². The lowest BCUT2D eigenvalue weighted by Gasteiger charge is -2.10. The molecule has 0 aliphatic heterocycles. The Bertz CT molecular complexity index is 618. The van der Waals surface area contributed by atoms with Gasteiger partial charge in [-0.25, -0.2) is 9.97 Å². The molecular formula is C13H12N2O2. The minimum Gasteiger partial charge on any atom is -0.480 e. The highest BCUT2D eigenvalue weighted by molar-refractivity contribution is 5.86. The van der Waals surface area contributed by atoms with E-state index >= 15 is 0 Å². The average Bonchev–Trinajstić information content (AvgIpc) is 3.10. The van der Waals surface area contributed by atoms with Gasteiger partial charge in [0.05, 0.1) is 5.52 Å². The lowest BCUT2D eigenvalue weighted by molar-refractivity contribution is -0.140. The molecule has 1 aliphatic carbocycles. The SMILES string of the molecule is Cc1nc(C2(C(=O)O)CC2)nc2ccccc12. The highest BCUT2D eigenvalue weighted by atomic mass is 16.4. The monoisotopic (exact) mass is 228 g/mol. The number of aryl methyl sites for hydroxylation is 1. The van der Waals surface area contributed by atoms with Crippen LogP contribution in [-0.2, 0) is 10.2 Å². The zero-order valence-electron chi connectivity index (χ0n) is 9.47. The molecule has 0 atom stereocenters. The van der Waals surface area contributed by atoms with Gasteiger partial charge in [-0.3, -0.25) is 4.79 Å². The summed E-state index contributed by atoms with van der Waals surface area (Å²) in [6, 6.07) is 7.68. The van der Waals surface area contributed by atoms with Crippen molar-refractivity contribution in [1.82, 2.24) is 9.97 Å². The van der Waals surface area contributed by atoms with Crippen molar-refractivity contribution in [2.24, 2.45) is 0 Å². The predicted molar refractivity (Wildman–Crippen MR) is 62.8 cm³/mol. The quantitative estimate of drug-likeness (QED) is 0.854. The van der Waals surface area contributed by atoms with Crippen molar-refractivity contribution < 1.29 is 9.90 Å². The molecule has 17 heavy (non-hydrogen) atoms. The fourth-order valence-corrected chi connectivity index (χ4v) is 2.11. The van der Waals surface area contributed by atoms with E-state index < -0.39 is 11.4 Å². The van der Waals surface area contributed by atoms with Gasteiger partial charge in [0.25, 0.3) is 0 Å². The van der Waals surface area contributed by atoms with Crippen LogP contribution in [0, 0.1) is 6.92 Å². The number of aromatic nitrogens is 2. The van der Waals surface area contributed by atoms with Gasteiger partial charge in [-0.15, -0.1) is 0 Å². The Morgan fingerprint density at radius 2 is 2.00 bits per heavy atom. The topological polar surface area (TPSA) is 63.1 Å². The maximum absolute atomic E-state index is 11.3. The molecule has 1 aromatic heterocycles. The number of aliphatic carboxylic acids is 1. The number of para-hydroxylation sites is 1. The van der Waals surface area contributed by atoms with Crippen molar-refractivity contribution in [3.05, 3.63) is 35.8 Å². The lowest BCUT2D eigenvalue weighted by Crippen LogP contribution is -2.23. The molecule has 86 valence electrons. The molecule has 0 amide bonds. The zero-order chi connectivity index (χ0) is 12.0. The number of carbonyl (C=O) groups is 1. The van der Waals surface area contributed by atoms with E-state index in [-0.39, 0.29) is 0 Å². The van der Waals surface area contributed by atoms with Crippen LogP contribution >= 0.6 is 0 Å². The average molecular weight is 228 g/mol. The summed E-state index contributed by atoms with van der Waals surface area (Å²) in [6.45, 7) is 1.89. The third-order valence-corrected chi connectivity index (χ3v) is 3.38. The van der Waals surface area contributed by atoms with Gasteiger partial charge in [-0.05, 0) is 25.8 Å². The molecule has 0 spiro atoms. The lowest BCUT2D eigenvalue weighted by atomic mass is 10.1. The molecule has 0 unspecified atom stereocenters. The van der Waals surface area contributed by atoms with Crippen molar-refractivity contribution in [2.75, 3.05) is 0 Å². The first-order valence-electron chi connectivity index (χ1n) is 5.61. The molecule has 1 N–H and O–H groups in total. The largest absolute Gasteiger partial charge is 0.480 e. The maximum Gasteiger partial charge on any atom is 0.317 e. The van der Waals surface area contributed by atoms with E-state index in [0.717, 1.165) is 16.6 Å². The van der Waals surface area contributed by atoms with Crippen LogP contribution < -0.4 is 0 Å². The molecule has 1 heterocycles. The number of rotatable bonds is 2. The van der Waals surface area contributed by atoms with E-state index in [1.807, 2.05) is 31.2 Å². The summed E-state index contributed by atoms with van der Waals surface area (Å²) in [5, 5.41) is 10.2. The second-order valence-electron chi connectivity index (χ2n) is 4.54. The molecule has 1 fully saturated rings. The molecule has 1 aromatic carbocycles. The van der Waals surface area contributed by atoms with Crippen molar-refractivity contribution >= 4 is 16.9 Å². The van der Waals surface area contributed by atoms with Gasteiger partial charge in [0.1, 0.15) is 11.2 Å². The molecular weight excluding hydrogens is 216 g/mol. The molecule has 4 heteroatoms. The van der Waals surface area contributed by atoms with E-state index in [1.54, 1.807) is 0 Å². The van der Waals surface area contributed by atoms with Gasteiger partial charge in [0.2, 0.25) is 0 Å². The fourth-order valence-electron chi connectivity index (χ4n) is 2.11. The van der Waals surface area contributed by atoms with Crippen LogP contribution in [0.2, 0.25) is 0 Å². The Kier molecular flexibility index (Phi) is 1.96. The van der Waals surface area contributed by atoms with Crippen LogP contribution in [0.25, 0.3) is 10.9 Å². The van der Waals surface area contributed by atoms with Gasteiger partial charge in [0.15, 0.2) is 0 Å². The van der Waals surface area contributed by atoms with E-state index in [2.05, 4.69) is 9.97 Å². The first kappa shape index (κ1) is 10.2. The van der Waals surface area contributed by atoms with Crippen LogP contribution in [-0.4, -0.2) is 21.0 Å². The number of nitrogens with zero attached hydrogens (tertiary/aromatic N) is 2. The van der Waals surface area contributed by atoms with Crippen molar-refractivity contribution in [3.8, 4) is 0 Å². The second kappa shape index (κ2) is 3.26. The van der Waals surface area contributed by atoms with Crippen molar-refractivity contribution in [1.29, 1.82) is 0 Å². The standard InChI is InChI=1S/C13H12N2O2/c1-8-9-4-2-3-5-10(9)15-11(14-8)13(6-7-13)12(16)17/h2-5H,6-7H2,1H3,(H,16,17). The smallest absolute Gasteiger partial charge is 0.317 e. The molecule has 4 nitrogen and oxygen atoms in total. The van der Waals surface area contributed by atoms with E-state index in [1.165, 1.54) is 0 Å². The highest BCUT2D eigenvalue weighted by Gasteiger charge is 2.54. The Balaban J connectivity index is 2.23. The van der Waals surface area contributed by atoms with Crippen LogP contribution in [0.3, 0.4) is 0 Å². The summed E-state index contributed by atoms with van der Waals surface area (Å²) >= 11 is 0. The molecule has 0 radical (unpaired) electrons. The zero-order valence-corrected chi connectivity index (χ0v) is 9.47. The summed E-state index contributed by atoms with van der Waals surface area (Å²) in [7, 11) is 0. The third kappa shape index (κ3) is 1.40. The molecule has 3 rings (SSSR count). The number of hydrogen-bond donors (Lipinski definition) is 1. The molecule has 1 saturated carbocycles. The summed E-state index contributed by atoms with van der Waals surface area (Å²) in [6.07, 6.45) is 1.28. The first-order chi connectivity index (χ1) is 8.13. The van der Waals surface area contributed by atoms with Crippen LogP contribution in [0.15, 0.2) is 24.3 Å². The third-order valence-electron chi connectivity index (χ3n) is 3.38. The molecule has 0 saturated heterocycles. The van der Waals surface area contributed by atoms with Gasteiger partial charge >= 0.3 is 5.97 Å². The summed E-state index contributed by atoms with van der Waals surface area (Å²) < 4.78 is 0. The Hall–Kier alpha value is -1.97. The Morgan fingerprint density at radius 1 is 1.29 bits per heavy atom. The van der Waals surface area contributed by atoms with E-state index in [9.17, 15) is 9.90 Å². The number of carboxylic acids is 1. The molecule has 1 aliphatic rings. The second-order valence-corrected chi connectivity index (χ2v) is 4.54. The van der Waals surface area contributed by atoms with Gasteiger partial charge in [-0.1, -0.05) is 18.2 Å². The molecule has 0 bridgehead atoms. The predicted octanol–water partition coefficient (Wildman–Crippen LogP) is 2.05. The number of fused-ring (bicyclic) bond motifs is 1. The van der Waals surface area contributed by atoms with Crippen LogP contribution in [0.5, 0.6) is 0 Å². The summed E-state index contributed by atoms with van der Waals surface area (Å²) in [4.78, 5) is 20.0. The first-order valence-corrected chi connectivity index (χ1v) is 5.61. The maximum atomic E-state index is 11.3. The summed E-state index contributed by atoms with van der Waals surface area (Å²) in [5.41, 5.74) is 0.843. The Morgan fingerprint density at radius 3 is 2.65 bits per heavy atom. The minimum atomic E-state index is -0.825. The number of benzene rings is 1. The van der Waals surface area contributed by atoms with E-state index in [0.29, 0.717) is 18.7 Å². The Labute approximate surface area is 98.3 Å². The number of hydrogen-bond acceptors (Lipinski definition) is 3. The fraction of sp³-hybridized carbons (Fsp3) is 0.308. The minimum absolute atomic E-state index is 0.459. The number of carboxylic acid groups (broad SMARTS) is 1.